The summed E-state index contributed by atoms with van der Waals surface area (Å²) in [5.41, 5.74) is 4.35. The van der Waals surface area contributed by atoms with E-state index >= 15 is 0 Å². The van der Waals surface area contributed by atoms with Gasteiger partial charge in [-0.1, -0.05) is 6.07 Å². The molecule has 0 saturated carbocycles. The number of aryl methyl sites for hydroxylation is 3. The SMILES string of the molecule is CCn1cc(CN2CCOC(c3cccc(Nc4nc(C)cs4)n3)C2)c(C)n1. The number of rotatable bonds is 6. The Kier molecular flexibility index (Phi) is 5.70. The minimum absolute atomic E-state index is 0.0324. The zero-order valence-corrected chi connectivity index (χ0v) is 17.4. The summed E-state index contributed by atoms with van der Waals surface area (Å²) in [6, 6.07) is 6.01. The fourth-order valence-corrected chi connectivity index (χ4v) is 4.06. The smallest absolute Gasteiger partial charge is 0.188 e. The molecule has 0 radical (unpaired) electrons. The maximum absolute atomic E-state index is 6.03. The van der Waals surface area contributed by atoms with Gasteiger partial charge in [0.1, 0.15) is 11.9 Å². The molecule has 8 heteroatoms. The van der Waals surface area contributed by atoms with Crippen molar-refractivity contribution in [2.24, 2.45) is 0 Å². The second kappa shape index (κ2) is 8.38. The Labute approximate surface area is 169 Å². The predicted octanol–water partition coefficient (Wildman–Crippen LogP) is 3.69. The van der Waals surface area contributed by atoms with Crippen LogP contribution in [-0.4, -0.2) is 44.3 Å². The molecule has 0 amide bonds. The fraction of sp³-hybridized carbons (Fsp3) is 0.450. The lowest BCUT2D eigenvalue weighted by Crippen LogP contribution is -2.38. The van der Waals surface area contributed by atoms with Crippen LogP contribution in [0.15, 0.2) is 29.8 Å². The van der Waals surface area contributed by atoms with Gasteiger partial charge in [-0.05, 0) is 32.9 Å². The lowest BCUT2D eigenvalue weighted by atomic mass is 10.1. The van der Waals surface area contributed by atoms with Crippen LogP contribution in [0.4, 0.5) is 10.9 Å². The van der Waals surface area contributed by atoms with Gasteiger partial charge < -0.3 is 10.1 Å². The summed E-state index contributed by atoms with van der Waals surface area (Å²) in [7, 11) is 0. The Balaban J connectivity index is 1.44. The predicted molar refractivity (Wildman–Crippen MR) is 111 cm³/mol. The molecule has 1 saturated heterocycles. The number of ether oxygens (including phenoxy) is 1. The minimum Gasteiger partial charge on any atom is -0.369 e. The topological polar surface area (TPSA) is 68.1 Å². The van der Waals surface area contributed by atoms with Crippen LogP contribution in [0.1, 0.15) is 35.7 Å². The van der Waals surface area contributed by atoms with Crippen molar-refractivity contribution in [1.29, 1.82) is 0 Å². The molecule has 0 aliphatic carbocycles. The van der Waals surface area contributed by atoms with Crippen LogP contribution in [0.5, 0.6) is 0 Å². The maximum Gasteiger partial charge on any atom is 0.188 e. The number of hydrogen-bond donors (Lipinski definition) is 1. The molecule has 1 N–H and O–H groups in total. The molecule has 3 aromatic rings. The van der Waals surface area contributed by atoms with Gasteiger partial charge in [0.25, 0.3) is 0 Å². The van der Waals surface area contributed by atoms with E-state index in [4.69, 9.17) is 9.72 Å². The molecule has 1 fully saturated rings. The van der Waals surface area contributed by atoms with E-state index in [1.807, 2.05) is 35.2 Å². The molecule has 7 nitrogen and oxygen atoms in total. The van der Waals surface area contributed by atoms with Gasteiger partial charge in [-0.15, -0.1) is 11.3 Å². The van der Waals surface area contributed by atoms with Crippen LogP contribution >= 0.6 is 11.3 Å². The molecule has 4 heterocycles. The van der Waals surface area contributed by atoms with E-state index < -0.39 is 0 Å². The molecule has 1 aliphatic rings. The average molecular weight is 399 g/mol. The van der Waals surface area contributed by atoms with E-state index in [9.17, 15) is 0 Å². The van der Waals surface area contributed by atoms with Crippen LogP contribution in [0.25, 0.3) is 0 Å². The largest absolute Gasteiger partial charge is 0.369 e. The Hall–Kier alpha value is -2.29. The first-order valence-electron chi connectivity index (χ1n) is 9.63. The van der Waals surface area contributed by atoms with Crippen molar-refractivity contribution in [3.8, 4) is 0 Å². The lowest BCUT2D eigenvalue weighted by molar-refractivity contribution is -0.0349. The molecule has 28 heavy (non-hydrogen) atoms. The van der Waals surface area contributed by atoms with Crippen molar-refractivity contribution in [3.63, 3.8) is 0 Å². The molecule has 0 aromatic carbocycles. The number of anilines is 2. The number of aromatic nitrogens is 4. The third-order valence-electron chi connectivity index (χ3n) is 4.87. The molecule has 148 valence electrons. The Morgan fingerprint density at radius 1 is 1.29 bits per heavy atom. The van der Waals surface area contributed by atoms with Crippen LogP contribution < -0.4 is 5.32 Å². The zero-order chi connectivity index (χ0) is 19.5. The zero-order valence-electron chi connectivity index (χ0n) is 16.6. The number of hydrogen-bond acceptors (Lipinski definition) is 7. The molecule has 1 aliphatic heterocycles. The van der Waals surface area contributed by atoms with Crippen molar-refractivity contribution >= 4 is 22.3 Å². The molecular formula is C20H26N6OS. The summed E-state index contributed by atoms with van der Waals surface area (Å²) < 4.78 is 8.03. The molecule has 4 rings (SSSR count). The van der Waals surface area contributed by atoms with Crippen LogP contribution in [0, 0.1) is 13.8 Å². The molecule has 0 spiro atoms. The van der Waals surface area contributed by atoms with Gasteiger partial charge in [0.05, 0.1) is 23.7 Å². The second-order valence-corrected chi connectivity index (χ2v) is 7.91. The molecule has 1 unspecified atom stereocenters. The number of morpholine rings is 1. The second-order valence-electron chi connectivity index (χ2n) is 7.06. The first kappa shape index (κ1) is 19.0. The van der Waals surface area contributed by atoms with Gasteiger partial charge in [0, 0.05) is 43.3 Å². The summed E-state index contributed by atoms with van der Waals surface area (Å²) in [5.74, 6) is 0.799. The Morgan fingerprint density at radius 3 is 2.93 bits per heavy atom. The average Bonchev–Trinajstić information content (AvgIpc) is 3.27. The van der Waals surface area contributed by atoms with E-state index in [2.05, 4.69) is 40.3 Å². The lowest BCUT2D eigenvalue weighted by Gasteiger charge is -2.32. The highest BCUT2D eigenvalue weighted by atomic mass is 32.1. The van der Waals surface area contributed by atoms with Crippen molar-refractivity contribution < 1.29 is 4.74 Å². The molecule has 0 bridgehead atoms. The van der Waals surface area contributed by atoms with E-state index in [-0.39, 0.29) is 6.10 Å². The first-order valence-corrected chi connectivity index (χ1v) is 10.5. The minimum atomic E-state index is -0.0324. The highest BCUT2D eigenvalue weighted by Gasteiger charge is 2.24. The van der Waals surface area contributed by atoms with Gasteiger partial charge >= 0.3 is 0 Å². The summed E-state index contributed by atoms with van der Waals surface area (Å²) in [6.45, 7) is 10.4. The molecule has 3 aromatic heterocycles. The van der Waals surface area contributed by atoms with Gasteiger partial charge in [-0.2, -0.15) is 5.10 Å². The van der Waals surface area contributed by atoms with Gasteiger partial charge in [-0.3, -0.25) is 9.58 Å². The normalized spacial score (nSPS) is 17.8. The summed E-state index contributed by atoms with van der Waals surface area (Å²) in [4.78, 5) is 11.6. The van der Waals surface area contributed by atoms with Gasteiger partial charge in [0.2, 0.25) is 0 Å². The van der Waals surface area contributed by atoms with Gasteiger partial charge in [0.15, 0.2) is 5.13 Å². The van der Waals surface area contributed by atoms with Crippen LogP contribution in [0.2, 0.25) is 0 Å². The molecular weight excluding hydrogens is 372 g/mol. The highest BCUT2D eigenvalue weighted by molar-refractivity contribution is 7.13. The van der Waals surface area contributed by atoms with Crippen molar-refractivity contribution in [1.82, 2.24) is 24.6 Å². The van der Waals surface area contributed by atoms with E-state index in [1.165, 1.54) is 5.56 Å². The standard InChI is InChI=1S/C20H26N6OS/c1-4-26-11-16(15(3)24-26)10-25-8-9-27-18(12-25)17-6-5-7-19(22-17)23-20-21-14(2)13-28-20/h5-7,11,13,18H,4,8-10,12H2,1-3H3,(H,21,22,23). The number of thiazole rings is 1. The maximum atomic E-state index is 6.03. The fourth-order valence-electron chi connectivity index (χ4n) is 3.36. The van der Waals surface area contributed by atoms with Crippen molar-refractivity contribution in [2.75, 3.05) is 25.0 Å². The number of nitrogens with zero attached hydrogens (tertiary/aromatic N) is 5. The molecule has 1 atom stereocenters. The van der Waals surface area contributed by atoms with Crippen LogP contribution in [-0.2, 0) is 17.8 Å². The summed E-state index contributed by atoms with van der Waals surface area (Å²) >= 11 is 1.58. The summed E-state index contributed by atoms with van der Waals surface area (Å²) in [6.07, 6.45) is 2.12. The Bertz CT molecular complexity index is 936. The van der Waals surface area contributed by atoms with Crippen molar-refractivity contribution in [2.45, 2.75) is 40.0 Å². The quantitative estimate of drug-likeness (QED) is 0.683. The third kappa shape index (κ3) is 4.40. The van der Waals surface area contributed by atoms with Gasteiger partial charge in [-0.25, -0.2) is 9.97 Å². The highest BCUT2D eigenvalue weighted by Crippen LogP contribution is 2.25. The number of nitrogens with one attached hydrogen (secondary N) is 1. The Morgan fingerprint density at radius 2 is 2.18 bits per heavy atom. The van der Waals surface area contributed by atoms with E-state index in [1.54, 1.807) is 11.3 Å². The number of pyridine rings is 1. The van der Waals surface area contributed by atoms with Crippen LogP contribution in [0.3, 0.4) is 0 Å². The first-order chi connectivity index (χ1) is 13.6. The third-order valence-corrected chi connectivity index (χ3v) is 5.75. The van der Waals surface area contributed by atoms with E-state index in [0.717, 1.165) is 54.2 Å². The summed E-state index contributed by atoms with van der Waals surface area (Å²) in [5, 5.41) is 10.7. The monoisotopic (exact) mass is 398 g/mol. The van der Waals surface area contributed by atoms with E-state index in [0.29, 0.717) is 6.61 Å². The van der Waals surface area contributed by atoms with Crippen molar-refractivity contribution in [3.05, 3.63) is 52.4 Å².